The molecule has 3 unspecified atom stereocenters. The molecular weight excluding hydrogens is 1040 g/mol. The molecule has 3 amide bonds. The van der Waals surface area contributed by atoms with Gasteiger partial charge in [0.2, 0.25) is 27.7 Å². The van der Waals surface area contributed by atoms with Gasteiger partial charge in [0.15, 0.2) is 0 Å². The van der Waals surface area contributed by atoms with Gasteiger partial charge in [-0.05, 0) is 114 Å². The number of aliphatic hydroxyl groups excluding tert-OH is 1. The van der Waals surface area contributed by atoms with Crippen LogP contribution in [0.3, 0.4) is 0 Å². The molecule has 16 nitrogen and oxygen atoms in total. The number of phenols is 1. The Morgan fingerprint density at radius 1 is 0.909 bits per heavy atom. The minimum atomic E-state index is -4.92. The maximum absolute atomic E-state index is 14.6. The number of carbonyl (C=O) groups is 3. The standard InChI is InChI=1S/C56H60F3N7O9S2/c1-33(35-8-10-38(11-9-35)51-34(2)61-32-76-51)62-53(70)44-27-42(68)29-65(44)54(71)52(55(3,4)5)63-47(69)7-6-26-74-43-22-18-40(19-23-43)66(30-56(57,58)59)77(72,73)46-28-45-48(36-14-20-41(67)21-15-36)49(50(46)75-45)37-12-16-39(17-13-37)64-25-24-60-31-64/h8-25,31-33,42,44-46,50,52,67-68H,6-7,26-30H2,1-5H3,(H,62,70)(H,63,69)/t33-,42+,44-,45?,46?,50?,52+/m0/s1. The number of rotatable bonds is 18. The number of carbonyl (C=O) groups excluding carboxylic acids is 3. The lowest BCUT2D eigenvalue weighted by Gasteiger charge is -2.35. The zero-order valence-corrected chi connectivity index (χ0v) is 44.6. The molecule has 0 spiro atoms. The number of ether oxygens (including phenoxy) is 2. The Balaban J connectivity index is 0.825. The molecule has 5 heterocycles. The van der Waals surface area contributed by atoms with Crippen LogP contribution in [0.1, 0.15) is 81.8 Å². The molecule has 2 aromatic heterocycles. The highest BCUT2D eigenvalue weighted by molar-refractivity contribution is 7.93. The van der Waals surface area contributed by atoms with Crippen molar-refractivity contribution in [2.75, 3.05) is 24.0 Å². The summed E-state index contributed by atoms with van der Waals surface area (Å²) in [6.45, 7) is 7.22. The fourth-order valence-corrected chi connectivity index (χ4v) is 13.1. The third kappa shape index (κ3) is 12.1. The van der Waals surface area contributed by atoms with E-state index in [1.54, 1.807) is 85.2 Å². The molecule has 2 fully saturated rings. The van der Waals surface area contributed by atoms with Crippen molar-refractivity contribution in [2.45, 2.75) is 108 Å². The van der Waals surface area contributed by atoms with Gasteiger partial charge in [0.1, 0.15) is 41.5 Å². The molecule has 0 saturated carbocycles. The van der Waals surface area contributed by atoms with Gasteiger partial charge in [0, 0.05) is 37.5 Å². The van der Waals surface area contributed by atoms with Crippen molar-refractivity contribution < 1.29 is 55.7 Å². The minimum Gasteiger partial charge on any atom is -0.508 e. The first-order valence-electron chi connectivity index (χ1n) is 25.2. The quantitative estimate of drug-likeness (QED) is 0.0602. The number of hydrogen-bond acceptors (Lipinski definition) is 12. The van der Waals surface area contributed by atoms with Crippen molar-refractivity contribution in [1.82, 2.24) is 30.1 Å². The molecule has 0 radical (unpaired) electrons. The molecule has 4 aromatic carbocycles. The van der Waals surface area contributed by atoms with Crippen LogP contribution in [-0.2, 0) is 29.1 Å². The number of aryl methyl sites for hydroxylation is 1. The van der Waals surface area contributed by atoms with E-state index in [1.165, 1.54) is 41.3 Å². The topological polar surface area (TPSA) is 206 Å². The first-order chi connectivity index (χ1) is 36.5. The minimum absolute atomic E-state index is 0.0118. The second kappa shape index (κ2) is 22.1. The molecule has 3 aliphatic rings. The van der Waals surface area contributed by atoms with Gasteiger partial charge in [-0.3, -0.25) is 18.7 Å². The van der Waals surface area contributed by atoms with E-state index in [2.05, 4.69) is 20.6 Å². The Bertz CT molecular complexity index is 3220. The van der Waals surface area contributed by atoms with Gasteiger partial charge >= 0.3 is 6.18 Å². The SMILES string of the molecule is Cc1ncsc1-c1ccc([C@H](C)NC(=O)[C@@H]2C[C@@H](O)CN2C(=O)[C@@H](NC(=O)CCCOc2ccc(N(CC(F)(F)F)S(=O)(=O)C3CC4OC3C(c3ccc(-n5ccnc5)cc3)=C4c3ccc(O)cc3)cc2)C(C)(C)C)cc1. The van der Waals surface area contributed by atoms with E-state index in [4.69, 9.17) is 9.47 Å². The summed E-state index contributed by atoms with van der Waals surface area (Å²) in [7, 11) is -4.77. The molecular formula is C56H60F3N7O9S2. The molecule has 4 N–H and O–H groups in total. The molecule has 0 aliphatic carbocycles. The van der Waals surface area contributed by atoms with Crippen molar-refractivity contribution in [2.24, 2.45) is 5.41 Å². The summed E-state index contributed by atoms with van der Waals surface area (Å²) >= 11 is 1.54. The van der Waals surface area contributed by atoms with Crippen molar-refractivity contribution in [1.29, 1.82) is 0 Å². The summed E-state index contributed by atoms with van der Waals surface area (Å²) < 4.78 is 86.7. The Morgan fingerprint density at radius 3 is 2.19 bits per heavy atom. The molecule has 9 rings (SSSR count). The molecule has 2 saturated heterocycles. The number of aromatic hydroxyl groups is 1. The lowest BCUT2D eigenvalue weighted by molar-refractivity contribution is -0.144. The second-order valence-electron chi connectivity index (χ2n) is 20.7. The molecule has 7 atom stereocenters. The van der Waals surface area contributed by atoms with Gasteiger partial charge in [0.25, 0.3) is 0 Å². The van der Waals surface area contributed by atoms with E-state index < -0.39 is 87.6 Å². The van der Waals surface area contributed by atoms with E-state index in [1.807, 2.05) is 50.2 Å². The van der Waals surface area contributed by atoms with Crippen LogP contribution < -0.4 is 19.7 Å². The summed E-state index contributed by atoms with van der Waals surface area (Å²) in [4.78, 5) is 52.2. The van der Waals surface area contributed by atoms with Crippen LogP contribution in [0.25, 0.3) is 27.3 Å². The highest BCUT2D eigenvalue weighted by atomic mass is 32.2. The highest BCUT2D eigenvalue weighted by Crippen LogP contribution is 2.52. The lowest BCUT2D eigenvalue weighted by Crippen LogP contribution is -2.57. The molecule has 6 aromatic rings. The number of nitrogens with zero attached hydrogens (tertiary/aromatic N) is 5. The fraction of sp³-hybridized carbons (Fsp3) is 0.375. The Morgan fingerprint density at radius 2 is 1.57 bits per heavy atom. The molecule has 406 valence electrons. The largest absolute Gasteiger partial charge is 0.508 e. The number of phenolic OH excluding ortho intramolecular Hbond substituents is 1. The predicted octanol–water partition coefficient (Wildman–Crippen LogP) is 8.39. The number of alkyl halides is 3. The zero-order valence-electron chi connectivity index (χ0n) is 43.0. The van der Waals surface area contributed by atoms with Crippen molar-refractivity contribution in [3.05, 3.63) is 144 Å². The monoisotopic (exact) mass is 1100 g/mol. The molecule has 2 bridgehead atoms. The number of thiazole rings is 1. The number of aromatic nitrogens is 3. The van der Waals surface area contributed by atoms with Crippen molar-refractivity contribution in [3.63, 3.8) is 0 Å². The number of sulfonamides is 1. The van der Waals surface area contributed by atoms with E-state index in [0.717, 1.165) is 27.4 Å². The number of β-amino-alcohol motifs (C(OH)–C–C–N with tert-alkyl or cyclic N) is 1. The maximum atomic E-state index is 14.6. The molecule has 21 heteroatoms. The smallest absolute Gasteiger partial charge is 0.407 e. The summed E-state index contributed by atoms with van der Waals surface area (Å²) in [6, 6.07) is 24.1. The van der Waals surface area contributed by atoms with Crippen LogP contribution in [0, 0.1) is 12.3 Å². The van der Waals surface area contributed by atoms with E-state index in [0.29, 0.717) is 26.6 Å². The number of fused-ring (bicyclic) bond motifs is 2. The summed E-state index contributed by atoms with van der Waals surface area (Å²) in [5.74, 6) is -1.18. The summed E-state index contributed by atoms with van der Waals surface area (Å²) in [5, 5.41) is 25.2. The lowest BCUT2D eigenvalue weighted by atomic mass is 9.83. The number of halogens is 3. The first-order valence-corrected chi connectivity index (χ1v) is 27.6. The van der Waals surface area contributed by atoms with Gasteiger partial charge < -0.3 is 39.8 Å². The number of amides is 3. The Hall–Kier alpha value is -7.07. The van der Waals surface area contributed by atoms with Crippen LogP contribution in [0.2, 0.25) is 0 Å². The van der Waals surface area contributed by atoms with Gasteiger partial charge in [-0.15, -0.1) is 11.3 Å². The van der Waals surface area contributed by atoms with Gasteiger partial charge in [-0.1, -0.05) is 69.3 Å². The van der Waals surface area contributed by atoms with Gasteiger partial charge in [-0.2, -0.15) is 13.2 Å². The zero-order chi connectivity index (χ0) is 55.0. The number of nitrogens with one attached hydrogen (secondary N) is 2. The average Bonchev–Trinajstić information content (AvgIpc) is 4.32. The van der Waals surface area contributed by atoms with Crippen molar-refractivity contribution in [3.8, 4) is 27.6 Å². The van der Waals surface area contributed by atoms with E-state index >= 15 is 0 Å². The highest BCUT2D eigenvalue weighted by Gasteiger charge is 2.55. The maximum Gasteiger partial charge on any atom is 0.407 e. The van der Waals surface area contributed by atoms with Crippen LogP contribution in [0.4, 0.5) is 18.9 Å². The Labute approximate surface area is 448 Å². The third-order valence-electron chi connectivity index (χ3n) is 14.2. The Kier molecular flexibility index (Phi) is 15.7. The summed E-state index contributed by atoms with van der Waals surface area (Å²) in [5.41, 5.74) is 6.83. The number of likely N-dealkylation sites (tertiary alicyclic amines) is 1. The van der Waals surface area contributed by atoms with Crippen LogP contribution in [-0.4, -0.2) is 117 Å². The van der Waals surface area contributed by atoms with E-state index in [-0.39, 0.29) is 56.0 Å². The molecule has 3 aliphatic heterocycles. The summed E-state index contributed by atoms with van der Waals surface area (Å²) in [6.07, 6.45) is -2.74. The molecule has 77 heavy (non-hydrogen) atoms. The number of benzene rings is 4. The number of imidazole rings is 1. The van der Waals surface area contributed by atoms with Crippen molar-refractivity contribution >= 4 is 55.9 Å². The second-order valence-corrected chi connectivity index (χ2v) is 23.6. The van der Waals surface area contributed by atoms with Crippen LogP contribution in [0.15, 0.2) is 121 Å². The number of aliphatic hydroxyl groups is 1. The fourth-order valence-electron chi connectivity index (χ4n) is 10.3. The first kappa shape index (κ1) is 54.7. The number of anilines is 1. The average molecular weight is 1100 g/mol. The number of hydrogen-bond donors (Lipinski definition) is 4. The van der Waals surface area contributed by atoms with Gasteiger partial charge in [0.05, 0.1) is 53.0 Å². The van der Waals surface area contributed by atoms with E-state index in [9.17, 15) is 46.2 Å². The predicted molar refractivity (Wildman–Crippen MR) is 285 cm³/mol. The van der Waals surface area contributed by atoms with Crippen LogP contribution in [0.5, 0.6) is 11.5 Å². The normalized spacial score (nSPS) is 20.3. The third-order valence-corrected chi connectivity index (χ3v) is 17.3. The van der Waals surface area contributed by atoms with Crippen LogP contribution >= 0.6 is 11.3 Å². The van der Waals surface area contributed by atoms with Gasteiger partial charge in [-0.25, -0.2) is 18.4 Å².